The molecule has 0 saturated carbocycles. The van der Waals surface area contributed by atoms with E-state index in [0.717, 1.165) is 25.8 Å². The van der Waals surface area contributed by atoms with Crippen molar-refractivity contribution in [1.29, 1.82) is 0 Å². The molecule has 4 nitrogen and oxygen atoms in total. The van der Waals surface area contributed by atoms with Crippen LogP contribution in [0.1, 0.15) is 24.5 Å². The molecule has 1 atom stereocenters. The van der Waals surface area contributed by atoms with Gasteiger partial charge in [0, 0.05) is 32.2 Å². The second kappa shape index (κ2) is 5.68. The number of carbonyl (C=O) groups excluding carboxylic acids is 1. The van der Waals surface area contributed by atoms with Gasteiger partial charge in [-0.3, -0.25) is 0 Å². The van der Waals surface area contributed by atoms with Crippen LogP contribution in [0, 0.1) is 11.3 Å². The standard InChI is InChI=1S/C17H24N2O2/c1-17(8-14-4-2-3-5-15(14)9-17)12-18-16(21)19-7-6-13(10-19)11-20/h2-5,13,20H,6-12H2,1H3,(H,18,21). The highest BCUT2D eigenvalue weighted by atomic mass is 16.3. The molecule has 21 heavy (non-hydrogen) atoms. The van der Waals surface area contributed by atoms with Crippen LogP contribution in [-0.2, 0) is 12.8 Å². The number of benzene rings is 1. The van der Waals surface area contributed by atoms with Crippen molar-refractivity contribution >= 4 is 6.03 Å². The van der Waals surface area contributed by atoms with Crippen molar-refractivity contribution in [3.05, 3.63) is 35.4 Å². The Morgan fingerprint density at radius 3 is 2.62 bits per heavy atom. The van der Waals surface area contributed by atoms with Gasteiger partial charge in [0.1, 0.15) is 0 Å². The van der Waals surface area contributed by atoms with Gasteiger partial charge >= 0.3 is 6.03 Å². The van der Waals surface area contributed by atoms with Crippen LogP contribution in [0.3, 0.4) is 0 Å². The first-order valence-corrected chi connectivity index (χ1v) is 7.80. The highest BCUT2D eigenvalue weighted by Gasteiger charge is 2.34. The lowest BCUT2D eigenvalue weighted by molar-refractivity contribution is 0.192. The Morgan fingerprint density at radius 2 is 2.05 bits per heavy atom. The van der Waals surface area contributed by atoms with E-state index in [-0.39, 0.29) is 24.0 Å². The van der Waals surface area contributed by atoms with Gasteiger partial charge in [-0.25, -0.2) is 4.79 Å². The third-order valence-electron chi connectivity index (χ3n) is 4.85. The first kappa shape index (κ1) is 14.4. The molecule has 1 fully saturated rings. The molecule has 1 aliphatic carbocycles. The molecule has 0 aromatic heterocycles. The summed E-state index contributed by atoms with van der Waals surface area (Å²) >= 11 is 0. The van der Waals surface area contributed by atoms with Crippen molar-refractivity contribution < 1.29 is 9.90 Å². The van der Waals surface area contributed by atoms with Crippen LogP contribution in [0.2, 0.25) is 0 Å². The molecule has 1 unspecified atom stereocenters. The molecule has 2 amide bonds. The number of urea groups is 1. The molecule has 1 aromatic carbocycles. The number of fused-ring (bicyclic) bond motifs is 1. The van der Waals surface area contributed by atoms with Crippen LogP contribution in [0.5, 0.6) is 0 Å². The number of aliphatic hydroxyl groups excluding tert-OH is 1. The van der Waals surface area contributed by atoms with Crippen molar-refractivity contribution in [3.63, 3.8) is 0 Å². The van der Waals surface area contributed by atoms with E-state index in [9.17, 15) is 4.79 Å². The lowest BCUT2D eigenvalue weighted by Gasteiger charge is -2.26. The molecule has 2 N–H and O–H groups in total. The van der Waals surface area contributed by atoms with Gasteiger partial charge < -0.3 is 15.3 Å². The van der Waals surface area contributed by atoms with Crippen molar-refractivity contribution in [2.24, 2.45) is 11.3 Å². The summed E-state index contributed by atoms with van der Waals surface area (Å²) in [7, 11) is 0. The van der Waals surface area contributed by atoms with Gasteiger partial charge in [-0.1, -0.05) is 31.2 Å². The number of hydrogen-bond donors (Lipinski definition) is 2. The van der Waals surface area contributed by atoms with Crippen LogP contribution in [0.25, 0.3) is 0 Å². The Morgan fingerprint density at radius 1 is 1.38 bits per heavy atom. The lowest BCUT2D eigenvalue weighted by atomic mass is 9.87. The van der Waals surface area contributed by atoms with E-state index in [4.69, 9.17) is 5.11 Å². The molecular weight excluding hydrogens is 264 g/mol. The topological polar surface area (TPSA) is 52.6 Å². The fraction of sp³-hybridized carbons (Fsp3) is 0.588. The predicted molar refractivity (Wildman–Crippen MR) is 82.1 cm³/mol. The summed E-state index contributed by atoms with van der Waals surface area (Å²) in [5.74, 6) is 0.252. The minimum Gasteiger partial charge on any atom is -0.396 e. The maximum atomic E-state index is 12.2. The van der Waals surface area contributed by atoms with E-state index < -0.39 is 0 Å². The maximum Gasteiger partial charge on any atom is 0.317 e. The molecule has 0 radical (unpaired) electrons. The number of nitrogens with zero attached hydrogens (tertiary/aromatic N) is 1. The van der Waals surface area contributed by atoms with Gasteiger partial charge in [0.25, 0.3) is 0 Å². The van der Waals surface area contributed by atoms with Gasteiger partial charge in [0.15, 0.2) is 0 Å². The van der Waals surface area contributed by atoms with Crippen molar-refractivity contribution in [2.75, 3.05) is 26.2 Å². The fourth-order valence-corrected chi connectivity index (χ4v) is 3.58. The molecule has 1 saturated heterocycles. The third-order valence-corrected chi connectivity index (χ3v) is 4.85. The highest BCUT2D eigenvalue weighted by molar-refractivity contribution is 5.74. The minimum absolute atomic E-state index is 0.0168. The molecule has 0 spiro atoms. The summed E-state index contributed by atoms with van der Waals surface area (Å²) in [5, 5.41) is 12.2. The van der Waals surface area contributed by atoms with Gasteiger partial charge in [-0.2, -0.15) is 0 Å². The summed E-state index contributed by atoms with van der Waals surface area (Å²) in [6.45, 7) is 4.57. The maximum absolute atomic E-state index is 12.2. The van der Waals surface area contributed by atoms with E-state index in [1.807, 2.05) is 4.90 Å². The summed E-state index contributed by atoms with van der Waals surface area (Å²) in [6.07, 6.45) is 2.97. The summed E-state index contributed by atoms with van der Waals surface area (Å²) < 4.78 is 0. The highest BCUT2D eigenvalue weighted by Crippen LogP contribution is 2.36. The van der Waals surface area contributed by atoms with Crippen LogP contribution in [-0.4, -0.2) is 42.3 Å². The van der Waals surface area contributed by atoms with E-state index in [2.05, 4.69) is 36.5 Å². The number of hydrogen-bond acceptors (Lipinski definition) is 2. The first-order valence-electron chi connectivity index (χ1n) is 7.80. The predicted octanol–water partition coefficient (Wildman–Crippen LogP) is 1.82. The van der Waals surface area contributed by atoms with Gasteiger partial charge in [0.05, 0.1) is 0 Å². The molecule has 4 heteroatoms. The van der Waals surface area contributed by atoms with Crippen LogP contribution in [0.4, 0.5) is 4.79 Å². The number of amides is 2. The Labute approximate surface area is 126 Å². The molecule has 1 aliphatic heterocycles. The SMILES string of the molecule is CC1(CNC(=O)N2CCC(CO)C2)Cc2ccccc2C1. The molecule has 114 valence electrons. The third kappa shape index (κ3) is 3.05. The lowest BCUT2D eigenvalue weighted by Crippen LogP contribution is -2.43. The monoisotopic (exact) mass is 288 g/mol. The second-order valence-electron chi connectivity index (χ2n) is 6.87. The van der Waals surface area contributed by atoms with Crippen molar-refractivity contribution in [2.45, 2.75) is 26.2 Å². The number of likely N-dealkylation sites (tertiary alicyclic amines) is 1. The Balaban J connectivity index is 1.53. The summed E-state index contributed by atoms with van der Waals surface area (Å²) in [5.41, 5.74) is 2.95. The molecular formula is C17H24N2O2. The Hall–Kier alpha value is -1.55. The normalized spacial score (nSPS) is 23.1. The number of nitrogens with one attached hydrogen (secondary N) is 1. The Bertz CT molecular complexity index is 504. The number of aliphatic hydroxyl groups is 1. The molecule has 0 bridgehead atoms. The fourth-order valence-electron chi connectivity index (χ4n) is 3.58. The van der Waals surface area contributed by atoms with Gasteiger partial charge in [-0.05, 0) is 35.8 Å². The summed E-state index contributed by atoms with van der Waals surface area (Å²) in [6, 6.07) is 8.57. The number of carbonyl (C=O) groups is 1. The van der Waals surface area contributed by atoms with Crippen LogP contribution in [0.15, 0.2) is 24.3 Å². The quantitative estimate of drug-likeness (QED) is 0.891. The van der Waals surface area contributed by atoms with Crippen LogP contribution >= 0.6 is 0 Å². The van der Waals surface area contributed by atoms with E-state index in [0.29, 0.717) is 13.1 Å². The first-order chi connectivity index (χ1) is 10.1. The second-order valence-corrected chi connectivity index (χ2v) is 6.87. The largest absolute Gasteiger partial charge is 0.396 e. The zero-order chi connectivity index (χ0) is 14.9. The zero-order valence-corrected chi connectivity index (χ0v) is 12.6. The van der Waals surface area contributed by atoms with Crippen molar-refractivity contribution in [1.82, 2.24) is 10.2 Å². The van der Waals surface area contributed by atoms with E-state index >= 15 is 0 Å². The smallest absolute Gasteiger partial charge is 0.317 e. The van der Waals surface area contributed by atoms with Crippen molar-refractivity contribution in [3.8, 4) is 0 Å². The van der Waals surface area contributed by atoms with E-state index in [1.165, 1.54) is 11.1 Å². The molecule has 2 aliphatic rings. The van der Waals surface area contributed by atoms with E-state index in [1.54, 1.807) is 0 Å². The average Bonchev–Trinajstić information content (AvgIpc) is 3.08. The zero-order valence-electron chi connectivity index (χ0n) is 12.6. The number of rotatable bonds is 3. The molecule has 1 aromatic rings. The Kier molecular flexibility index (Phi) is 3.89. The molecule has 1 heterocycles. The van der Waals surface area contributed by atoms with Gasteiger partial charge in [0.2, 0.25) is 0 Å². The average molecular weight is 288 g/mol. The van der Waals surface area contributed by atoms with Crippen LogP contribution < -0.4 is 5.32 Å². The minimum atomic E-state index is 0.0168. The van der Waals surface area contributed by atoms with Gasteiger partial charge in [-0.15, -0.1) is 0 Å². The summed E-state index contributed by atoms with van der Waals surface area (Å²) in [4.78, 5) is 14.0. The molecule has 3 rings (SSSR count).